The zero-order chi connectivity index (χ0) is 18.5. The van der Waals surface area contributed by atoms with Gasteiger partial charge in [0.15, 0.2) is 0 Å². The summed E-state index contributed by atoms with van der Waals surface area (Å²) >= 11 is 3.39. The van der Waals surface area contributed by atoms with Gasteiger partial charge in [-0.25, -0.2) is 0 Å². The lowest BCUT2D eigenvalue weighted by atomic mass is 10.1. The summed E-state index contributed by atoms with van der Waals surface area (Å²) in [5.74, 6) is -0.462. The Balaban J connectivity index is 1.67. The molecule has 5 nitrogen and oxygen atoms in total. The Hall–Kier alpha value is -2.86. The van der Waals surface area contributed by atoms with E-state index in [1.54, 1.807) is 19.2 Å². The molecule has 26 heavy (non-hydrogen) atoms. The van der Waals surface area contributed by atoms with Gasteiger partial charge in [-0.15, -0.1) is 0 Å². The van der Waals surface area contributed by atoms with E-state index in [0.29, 0.717) is 11.3 Å². The molecule has 2 aromatic carbocycles. The van der Waals surface area contributed by atoms with Crippen molar-refractivity contribution < 1.29 is 9.59 Å². The number of hydrogen-bond acceptors (Lipinski definition) is 2. The lowest BCUT2D eigenvalue weighted by molar-refractivity contribution is -0.116. The number of halogens is 1. The molecule has 0 aliphatic carbocycles. The molecule has 0 fully saturated rings. The molecule has 132 valence electrons. The summed E-state index contributed by atoms with van der Waals surface area (Å²) in [6.45, 7) is -0.0338. The summed E-state index contributed by atoms with van der Waals surface area (Å²) in [6, 6.07) is 18.5. The Morgan fingerprint density at radius 1 is 1.04 bits per heavy atom. The van der Waals surface area contributed by atoms with Gasteiger partial charge >= 0.3 is 0 Å². The van der Waals surface area contributed by atoms with Gasteiger partial charge in [-0.05, 0) is 58.4 Å². The molecule has 0 atom stereocenters. The number of benzene rings is 2. The number of anilines is 1. The van der Waals surface area contributed by atoms with Gasteiger partial charge in [-0.2, -0.15) is 0 Å². The maximum absolute atomic E-state index is 12.6. The highest BCUT2D eigenvalue weighted by Crippen LogP contribution is 2.21. The number of nitrogens with one attached hydrogen (secondary N) is 1. The number of amides is 2. The van der Waals surface area contributed by atoms with E-state index in [4.69, 9.17) is 0 Å². The molecule has 0 aliphatic heterocycles. The van der Waals surface area contributed by atoms with E-state index in [0.717, 1.165) is 10.2 Å². The van der Waals surface area contributed by atoms with Gasteiger partial charge in [0.2, 0.25) is 5.91 Å². The molecule has 0 bridgehead atoms. The van der Waals surface area contributed by atoms with Gasteiger partial charge in [-0.1, -0.05) is 18.2 Å². The van der Waals surface area contributed by atoms with Crippen LogP contribution in [-0.2, 0) is 4.79 Å². The van der Waals surface area contributed by atoms with Gasteiger partial charge in [0.25, 0.3) is 5.91 Å². The number of likely N-dealkylation sites (N-methyl/N-ethyl adjacent to an activating group) is 1. The summed E-state index contributed by atoms with van der Waals surface area (Å²) < 4.78 is 2.72. The summed E-state index contributed by atoms with van der Waals surface area (Å²) in [6.07, 6.45) is 3.83. The number of aromatic nitrogens is 1. The third kappa shape index (κ3) is 4.21. The second-order valence-corrected chi connectivity index (χ2v) is 6.68. The zero-order valence-corrected chi connectivity index (χ0v) is 15.8. The fourth-order valence-electron chi connectivity index (χ4n) is 2.57. The average molecular weight is 412 g/mol. The summed E-state index contributed by atoms with van der Waals surface area (Å²) in [4.78, 5) is 26.3. The van der Waals surface area contributed by atoms with Crippen LogP contribution in [0.2, 0.25) is 0 Å². The van der Waals surface area contributed by atoms with Gasteiger partial charge < -0.3 is 14.8 Å². The van der Waals surface area contributed by atoms with Crippen molar-refractivity contribution in [2.45, 2.75) is 0 Å². The van der Waals surface area contributed by atoms with Gasteiger partial charge in [0.1, 0.15) is 0 Å². The van der Waals surface area contributed by atoms with E-state index in [-0.39, 0.29) is 18.4 Å². The van der Waals surface area contributed by atoms with Crippen molar-refractivity contribution in [3.8, 4) is 5.69 Å². The maximum atomic E-state index is 12.6. The Morgan fingerprint density at radius 2 is 1.77 bits per heavy atom. The minimum Gasteiger partial charge on any atom is -0.332 e. The van der Waals surface area contributed by atoms with Gasteiger partial charge in [-0.3, -0.25) is 9.59 Å². The Morgan fingerprint density at radius 3 is 2.50 bits per heavy atom. The van der Waals surface area contributed by atoms with E-state index < -0.39 is 0 Å². The monoisotopic (exact) mass is 411 g/mol. The van der Waals surface area contributed by atoms with E-state index in [9.17, 15) is 9.59 Å². The zero-order valence-electron chi connectivity index (χ0n) is 14.2. The normalized spacial score (nSPS) is 10.4. The third-order valence-corrected chi connectivity index (χ3v) is 4.56. The summed E-state index contributed by atoms with van der Waals surface area (Å²) in [7, 11) is 1.62. The van der Waals surface area contributed by atoms with Crippen molar-refractivity contribution in [2.75, 3.05) is 18.9 Å². The molecule has 1 aromatic heterocycles. The van der Waals surface area contributed by atoms with Crippen LogP contribution in [0.25, 0.3) is 5.69 Å². The highest BCUT2D eigenvalue weighted by atomic mass is 79.9. The number of rotatable bonds is 5. The second kappa shape index (κ2) is 8.01. The standard InChI is InChI=1S/C20H18BrN3O2/c1-23(14-19(25)22-18-10-3-2-9-17(18)21)20(26)15-7-6-8-16(13-15)24-11-4-5-12-24/h2-13H,14H2,1H3,(H,22,25). The molecular formula is C20H18BrN3O2. The van der Waals surface area contributed by atoms with Crippen LogP contribution >= 0.6 is 15.9 Å². The molecule has 0 saturated heterocycles. The molecule has 0 aliphatic rings. The van der Waals surface area contributed by atoms with Crippen LogP contribution in [0.15, 0.2) is 77.5 Å². The molecule has 6 heteroatoms. The highest BCUT2D eigenvalue weighted by Gasteiger charge is 2.16. The van der Waals surface area contributed by atoms with E-state index in [2.05, 4.69) is 21.2 Å². The van der Waals surface area contributed by atoms with E-state index in [1.165, 1.54) is 4.90 Å². The predicted octanol–water partition coefficient (Wildman–Crippen LogP) is 3.95. The SMILES string of the molecule is CN(CC(=O)Nc1ccccc1Br)C(=O)c1cccc(-n2cccc2)c1. The predicted molar refractivity (Wildman–Crippen MR) is 106 cm³/mol. The lowest BCUT2D eigenvalue weighted by Crippen LogP contribution is -2.35. The molecule has 3 rings (SSSR count). The van der Waals surface area contributed by atoms with Gasteiger partial charge in [0, 0.05) is 35.2 Å². The first-order valence-electron chi connectivity index (χ1n) is 8.08. The molecule has 0 radical (unpaired) electrons. The quantitative estimate of drug-likeness (QED) is 0.690. The third-order valence-electron chi connectivity index (χ3n) is 3.87. The first kappa shape index (κ1) is 17.9. The Labute approximate surface area is 160 Å². The minimum absolute atomic E-state index is 0.0338. The van der Waals surface area contributed by atoms with Crippen LogP contribution in [0.5, 0.6) is 0 Å². The summed E-state index contributed by atoms with van der Waals surface area (Å²) in [5.41, 5.74) is 2.10. The number of carbonyl (C=O) groups is 2. The maximum Gasteiger partial charge on any atom is 0.254 e. The fraction of sp³-hybridized carbons (Fsp3) is 0.100. The molecule has 2 amide bonds. The fourth-order valence-corrected chi connectivity index (χ4v) is 2.95. The summed E-state index contributed by atoms with van der Waals surface area (Å²) in [5, 5.41) is 2.80. The molecule has 0 unspecified atom stereocenters. The van der Waals surface area contributed by atoms with Crippen molar-refractivity contribution >= 4 is 33.4 Å². The molecule has 0 spiro atoms. The first-order valence-corrected chi connectivity index (χ1v) is 8.87. The van der Waals surface area contributed by atoms with Crippen molar-refractivity contribution in [2.24, 2.45) is 0 Å². The topological polar surface area (TPSA) is 54.3 Å². The number of nitrogens with zero attached hydrogens (tertiary/aromatic N) is 2. The van der Waals surface area contributed by atoms with E-state index >= 15 is 0 Å². The van der Waals surface area contributed by atoms with Crippen LogP contribution in [0.1, 0.15) is 10.4 Å². The van der Waals surface area contributed by atoms with Crippen molar-refractivity contribution in [1.82, 2.24) is 9.47 Å². The van der Waals surface area contributed by atoms with Crippen molar-refractivity contribution in [3.05, 3.63) is 83.1 Å². The van der Waals surface area contributed by atoms with E-state index in [1.807, 2.05) is 65.5 Å². The number of hydrogen-bond donors (Lipinski definition) is 1. The lowest BCUT2D eigenvalue weighted by Gasteiger charge is -2.18. The number of para-hydroxylation sites is 1. The number of carbonyl (C=O) groups excluding carboxylic acids is 2. The second-order valence-electron chi connectivity index (χ2n) is 5.83. The smallest absolute Gasteiger partial charge is 0.254 e. The molecule has 0 saturated carbocycles. The molecule has 3 aromatic rings. The van der Waals surface area contributed by atoms with Crippen molar-refractivity contribution in [1.29, 1.82) is 0 Å². The molecule has 1 N–H and O–H groups in total. The Kier molecular flexibility index (Phi) is 5.53. The minimum atomic E-state index is -0.255. The first-order chi connectivity index (χ1) is 12.5. The van der Waals surface area contributed by atoms with Crippen LogP contribution in [0, 0.1) is 0 Å². The highest BCUT2D eigenvalue weighted by molar-refractivity contribution is 9.10. The van der Waals surface area contributed by atoms with Crippen LogP contribution in [0.3, 0.4) is 0 Å². The van der Waals surface area contributed by atoms with Crippen LogP contribution in [-0.4, -0.2) is 34.9 Å². The van der Waals surface area contributed by atoms with Crippen LogP contribution in [0.4, 0.5) is 5.69 Å². The Bertz CT molecular complexity index is 922. The average Bonchev–Trinajstić information content (AvgIpc) is 3.18. The largest absolute Gasteiger partial charge is 0.332 e. The molecule has 1 heterocycles. The van der Waals surface area contributed by atoms with Gasteiger partial charge in [0.05, 0.1) is 12.2 Å². The van der Waals surface area contributed by atoms with Crippen molar-refractivity contribution in [3.63, 3.8) is 0 Å². The molecular weight excluding hydrogens is 394 g/mol. The van der Waals surface area contributed by atoms with Crippen LogP contribution < -0.4 is 5.32 Å².